The van der Waals surface area contributed by atoms with Gasteiger partial charge in [0.05, 0.1) is 25.4 Å². The van der Waals surface area contributed by atoms with Crippen LogP contribution < -0.4 is 17.0 Å². The number of halogens is 2. The third-order valence-corrected chi connectivity index (χ3v) is 9.01. The number of nitrogens with one attached hydrogen (secondary N) is 1. The number of alkyl halides is 2. The molecule has 7 heterocycles. The molecule has 5 N–H and O–H groups in total. The van der Waals surface area contributed by atoms with Gasteiger partial charge in [0.2, 0.25) is 5.95 Å². The van der Waals surface area contributed by atoms with Gasteiger partial charge in [-0.15, -0.1) is 0 Å². The van der Waals surface area contributed by atoms with E-state index in [1.807, 2.05) is 0 Å². The van der Waals surface area contributed by atoms with Crippen molar-refractivity contribution in [1.29, 1.82) is 0 Å². The second-order valence-corrected chi connectivity index (χ2v) is 11.4. The number of nitrogen functional groups attached to an aromatic ring is 2. The van der Waals surface area contributed by atoms with Crippen LogP contribution >= 0.6 is 17.1 Å². The Labute approximate surface area is 229 Å². The number of hydrogen-bond donors (Lipinski definition) is 3. The molecule has 3 saturated heterocycles. The van der Waals surface area contributed by atoms with E-state index in [0.29, 0.717) is 5.52 Å². The van der Waals surface area contributed by atoms with Gasteiger partial charge in [-0.05, 0) is 6.16 Å². The van der Waals surface area contributed by atoms with Crippen molar-refractivity contribution in [2.24, 2.45) is 5.92 Å². The highest BCUT2D eigenvalue weighted by Gasteiger charge is 2.51. The SMILES string of the molecule is Nc1nc2c(ncn2[C@@H]2OC3OPC[C@H]4[C@H](F)[C@H](n5cnc6c(N)ncnc65)O[C@@H]4CO[PH](=O)O[C@@H]2[C@@H]3F)c(=O)[nH]1. The number of anilines is 2. The molecular weight excluding hydrogens is 592 g/mol. The van der Waals surface area contributed by atoms with Crippen LogP contribution in [0.2, 0.25) is 0 Å². The minimum Gasteiger partial charge on any atom is -0.382 e. The summed E-state index contributed by atoms with van der Waals surface area (Å²) in [6, 6.07) is 0. The number of imidazole rings is 2. The van der Waals surface area contributed by atoms with E-state index in [4.69, 9.17) is 34.5 Å². The highest BCUT2D eigenvalue weighted by atomic mass is 31.1. The highest BCUT2D eigenvalue weighted by Crippen LogP contribution is 2.46. The third-order valence-electron chi connectivity index (χ3n) is 7.10. The van der Waals surface area contributed by atoms with E-state index in [0.717, 1.165) is 0 Å². The first-order chi connectivity index (χ1) is 19.8. The van der Waals surface area contributed by atoms with Gasteiger partial charge < -0.3 is 30.0 Å². The molecule has 7 rings (SSSR count). The number of nitrogens with two attached hydrogens (primary N) is 2. The summed E-state index contributed by atoms with van der Waals surface area (Å²) in [7, 11) is -3.79. The summed E-state index contributed by atoms with van der Waals surface area (Å²) < 4.78 is 75.3. The molecule has 0 aromatic carbocycles. The van der Waals surface area contributed by atoms with Crippen LogP contribution in [0.1, 0.15) is 12.5 Å². The van der Waals surface area contributed by atoms with Crippen molar-refractivity contribution < 1.29 is 36.4 Å². The van der Waals surface area contributed by atoms with Crippen molar-refractivity contribution in [1.82, 2.24) is 39.0 Å². The number of hydrogen-bond acceptors (Lipinski definition) is 14. The van der Waals surface area contributed by atoms with Crippen molar-refractivity contribution >= 4 is 51.2 Å². The summed E-state index contributed by atoms with van der Waals surface area (Å²) in [5, 5.41) is 0. The maximum absolute atomic E-state index is 15.9. The topological polar surface area (TPSA) is 222 Å². The van der Waals surface area contributed by atoms with E-state index in [1.54, 1.807) is 0 Å². The number of aromatic nitrogens is 8. The van der Waals surface area contributed by atoms with E-state index in [9.17, 15) is 9.36 Å². The molecule has 0 radical (unpaired) electrons. The highest BCUT2D eigenvalue weighted by molar-refractivity contribution is 7.33. The molecule has 17 nitrogen and oxygen atoms in total. The summed E-state index contributed by atoms with van der Waals surface area (Å²) >= 11 is 0. The van der Waals surface area contributed by atoms with Crippen molar-refractivity contribution in [3.05, 3.63) is 29.3 Å². The van der Waals surface area contributed by atoms with Gasteiger partial charge in [0, 0.05) is 14.7 Å². The Balaban J connectivity index is 1.14. The lowest BCUT2D eigenvalue weighted by atomic mass is 10.0. The zero-order valence-electron chi connectivity index (χ0n) is 20.7. The van der Waals surface area contributed by atoms with Gasteiger partial charge in [-0.1, -0.05) is 0 Å². The van der Waals surface area contributed by atoms with Crippen LogP contribution in [0.5, 0.6) is 0 Å². The molecule has 3 fully saturated rings. The fourth-order valence-corrected chi connectivity index (χ4v) is 7.11. The Morgan fingerprint density at radius 2 is 1.80 bits per heavy atom. The van der Waals surface area contributed by atoms with Crippen molar-refractivity contribution in [2.45, 2.75) is 43.3 Å². The van der Waals surface area contributed by atoms with Gasteiger partial charge in [0.15, 0.2) is 53.7 Å². The maximum atomic E-state index is 15.9. The molecule has 0 spiro atoms. The van der Waals surface area contributed by atoms with Gasteiger partial charge in [0.1, 0.15) is 17.9 Å². The molecule has 218 valence electrons. The fourth-order valence-electron chi connectivity index (χ4n) is 5.15. The summed E-state index contributed by atoms with van der Waals surface area (Å²) in [5.74, 6) is -0.850. The molecule has 4 aromatic heterocycles. The normalized spacial score (nSPS) is 35.0. The maximum Gasteiger partial charge on any atom is 0.319 e. The number of nitrogens with zero attached hydrogens (tertiary/aromatic N) is 7. The molecule has 3 aliphatic heterocycles. The Kier molecular flexibility index (Phi) is 6.69. The Morgan fingerprint density at radius 3 is 2.63 bits per heavy atom. The van der Waals surface area contributed by atoms with Crippen LogP contribution in [0.3, 0.4) is 0 Å². The minimum absolute atomic E-state index is 0.00153. The number of aromatic amines is 1. The van der Waals surface area contributed by atoms with Crippen LogP contribution in [0.15, 0.2) is 23.8 Å². The molecule has 10 atom stereocenters. The quantitative estimate of drug-likeness (QED) is 0.263. The summed E-state index contributed by atoms with van der Waals surface area (Å²) in [5.41, 5.74) is 11.4. The van der Waals surface area contributed by atoms with Crippen LogP contribution in [0.4, 0.5) is 20.5 Å². The minimum atomic E-state index is -3.37. The van der Waals surface area contributed by atoms with Gasteiger partial charge in [0.25, 0.3) is 5.56 Å². The molecule has 0 saturated carbocycles. The van der Waals surface area contributed by atoms with E-state index in [2.05, 4.69) is 29.9 Å². The van der Waals surface area contributed by atoms with E-state index >= 15 is 8.78 Å². The molecule has 0 aliphatic carbocycles. The number of H-pyrrole nitrogens is 1. The lowest BCUT2D eigenvalue weighted by Gasteiger charge is -2.23. The molecule has 4 aromatic rings. The van der Waals surface area contributed by atoms with Crippen LogP contribution in [0, 0.1) is 5.92 Å². The predicted molar refractivity (Wildman–Crippen MR) is 137 cm³/mol. The molecule has 2 bridgehead atoms. The monoisotopic (exact) mass is 614 g/mol. The average molecular weight is 614 g/mol. The van der Waals surface area contributed by atoms with Crippen LogP contribution in [-0.4, -0.2) is 82.6 Å². The third kappa shape index (κ3) is 4.48. The number of fused-ring (bicyclic) bond motifs is 5. The second-order valence-electron chi connectivity index (χ2n) is 9.48. The van der Waals surface area contributed by atoms with Crippen molar-refractivity contribution in [3.63, 3.8) is 0 Å². The number of ether oxygens (including phenoxy) is 2. The zero-order valence-corrected chi connectivity index (χ0v) is 22.7. The van der Waals surface area contributed by atoms with Gasteiger partial charge in [-0.3, -0.25) is 28.0 Å². The second kappa shape index (κ2) is 10.3. The Hall–Kier alpha value is -3.18. The predicted octanol–water partition coefficient (Wildman–Crippen LogP) is 0.584. The smallest absolute Gasteiger partial charge is 0.319 e. The van der Waals surface area contributed by atoms with E-state index in [-0.39, 0.29) is 41.3 Å². The Morgan fingerprint density at radius 1 is 1.02 bits per heavy atom. The standard InChI is InChI=1S/C20H22F2N10O7P2/c21-8-6-2-40-38-19-9(22)12(18(37-19)32-5-28-11-15(32)29-20(24)30-16(11)33)39-41(34)35-1-7(6)36-17(8)31-4-27-10-13(23)25-3-26-14(10)31/h3-9,12,17-19,40-41H,1-2H2,(H2,23,25,26)(H3,24,29,30,33)/t6-,7-,8+,9+,12-,17-,18-,19?/m1/s1. The van der Waals surface area contributed by atoms with Crippen molar-refractivity contribution in [2.75, 3.05) is 24.2 Å². The largest absolute Gasteiger partial charge is 0.382 e. The Bertz CT molecular complexity index is 1710. The van der Waals surface area contributed by atoms with Crippen LogP contribution in [0.25, 0.3) is 22.3 Å². The summed E-state index contributed by atoms with van der Waals surface area (Å²) in [6.07, 6.45) is -5.85. The molecule has 3 unspecified atom stereocenters. The molecular formula is C20H22F2N10O7P2. The number of rotatable bonds is 2. The van der Waals surface area contributed by atoms with Gasteiger partial charge in [-0.2, -0.15) is 4.98 Å². The average Bonchev–Trinajstić information content (AvgIpc) is 3.69. The molecule has 21 heteroatoms. The lowest BCUT2D eigenvalue weighted by molar-refractivity contribution is -0.109. The lowest BCUT2D eigenvalue weighted by Crippen LogP contribution is -2.32. The summed E-state index contributed by atoms with van der Waals surface area (Å²) in [4.78, 5) is 34.8. The van der Waals surface area contributed by atoms with E-state index < -0.39 is 71.8 Å². The zero-order chi connectivity index (χ0) is 28.4. The first-order valence-corrected chi connectivity index (χ1v) is 14.6. The van der Waals surface area contributed by atoms with E-state index in [1.165, 1.54) is 28.1 Å². The molecule has 41 heavy (non-hydrogen) atoms. The van der Waals surface area contributed by atoms with Crippen LogP contribution in [-0.2, 0) is 27.6 Å². The first-order valence-electron chi connectivity index (χ1n) is 12.3. The van der Waals surface area contributed by atoms with Gasteiger partial charge in [-0.25, -0.2) is 28.7 Å². The first kappa shape index (κ1) is 26.7. The molecule has 3 aliphatic rings. The molecule has 0 amide bonds. The van der Waals surface area contributed by atoms with Gasteiger partial charge >= 0.3 is 8.25 Å². The summed E-state index contributed by atoms with van der Waals surface area (Å²) in [6.45, 7) is -0.312. The van der Waals surface area contributed by atoms with Crippen molar-refractivity contribution in [3.8, 4) is 0 Å². The fraction of sp³-hybridized carbons (Fsp3) is 0.500.